The van der Waals surface area contributed by atoms with Gasteiger partial charge in [0, 0.05) is 16.3 Å². The number of ether oxygens (including phenoxy) is 1. The zero-order valence-corrected chi connectivity index (χ0v) is 13.1. The lowest BCUT2D eigenvalue weighted by Gasteiger charge is -2.30. The summed E-state index contributed by atoms with van der Waals surface area (Å²) in [5.74, 6) is -1.05. The molecule has 0 spiro atoms. The van der Waals surface area contributed by atoms with Crippen molar-refractivity contribution in [2.24, 2.45) is 0 Å². The number of rotatable bonds is 3. The van der Waals surface area contributed by atoms with Crippen molar-refractivity contribution < 1.29 is 13.9 Å². The maximum Gasteiger partial charge on any atom is 0.338 e. The van der Waals surface area contributed by atoms with Gasteiger partial charge in [0.2, 0.25) is 0 Å². The quantitative estimate of drug-likeness (QED) is 0.660. The van der Waals surface area contributed by atoms with Crippen molar-refractivity contribution in [3.8, 4) is 0 Å². The second kappa shape index (κ2) is 6.41. The lowest BCUT2D eigenvalue weighted by Crippen LogP contribution is -2.45. The third kappa shape index (κ3) is 3.16. The molecule has 0 bridgehead atoms. The number of nitrogens with one attached hydrogen (secondary N) is 2. The predicted molar refractivity (Wildman–Crippen MR) is 82.4 cm³/mol. The minimum Gasteiger partial charge on any atom is -0.463 e. The van der Waals surface area contributed by atoms with Gasteiger partial charge in [0.25, 0.3) is 0 Å². The highest BCUT2D eigenvalue weighted by molar-refractivity contribution is 7.80. The van der Waals surface area contributed by atoms with Crippen molar-refractivity contribution in [3.05, 3.63) is 45.9 Å². The minimum absolute atomic E-state index is 0.172. The van der Waals surface area contributed by atoms with Gasteiger partial charge in [-0.1, -0.05) is 17.7 Å². The van der Waals surface area contributed by atoms with Crippen molar-refractivity contribution >= 4 is 34.9 Å². The van der Waals surface area contributed by atoms with Gasteiger partial charge in [-0.15, -0.1) is 0 Å². The van der Waals surface area contributed by atoms with Gasteiger partial charge in [-0.2, -0.15) is 0 Å². The Labute approximate surface area is 132 Å². The van der Waals surface area contributed by atoms with Crippen LogP contribution in [0.5, 0.6) is 0 Å². The lowest BCUT2D eigenvalue weighted by molar-refractivity contribution is -0.139. The van der Waals surface area contributed by atoms with E-state index in [2.05, 4.69) is 10.6 Å². The summed E-state index contributed by atoms with van der Waals surface area (Å²) in [6.07, 6.45) is 0. The van der Waals surface area contributed by atoms with Crippen LogP contribution in [0.2, 0.25) is 5.02 Å². The number of benzene rings is 1. The van der Waals surface area contributed by atoms with E-state index in [0.717, 1.165) is 0 Å². The van der Waals surface area contributed by atoms with Crippen LogP contribution in [0.25, 0.3) is 0 Å². The molecule has 1 aromatic rings. The Morgan fingerprint density at radius 1 is 1.52 bits per heavy atom. The first kappa shape index (κ1) is 15.7. The first-order valence-corrected chi connectivity index (χ1v) is 7.13. The third-order valence-electron chi connectivity index (χ3n) is 3.05. The van der Waals surface area contributed by atoms with Gasteiger partial charge in [0.05, 0.1) is 18.2 Å². The monoisotopic (exact) mass is 328 g/mol. The van der Waals surface area contributed by atoms with E-state index in [-0.39, 0.29) is 22.8 Å². The molecule has 1 atom stereocenters. The summed E-state index contributed by atoms with van der Waals surface area (Å²) in [5.41, 5.74) is 0.949. The molecule has 4 nitrogen and oxygen atoms in total. The Kier molecular flexibility index (Phi) is 4.80. The van der Waals surface area contributed by atoms with Gasteiger partial charge >= 0.3 is 5.97 Å². The van der Waals surface area contributed by atoms with Crippen LogP contribution in [0.1, 0.15) is 25.5 Å². The molecule has 1 aromatic carbocycles. The molecule has 0 amide bonds. The SMILES string of the molecule is CCOC(=O)C1=C(C)NC(=S)N[C@@H]1c1c(F)cccc1Cl. The first-order valence-electron chi connectivity index (χ1n) is 6.35. The van der Waals surface area contributed by atoms with Crippen molar-refractivity contribution in [3.63, 3.8) is 0 Å². The van der Waals surface area contributed by atoms with Gasteiger partial charge in [0.1, 0.15) is 5.82 Å². The van der Waals surface area contributed by atoms with E-state index in [1.165, 1.54) is 12.1 Å². The second-order valence-electron chi connectivity index (χ2n) is 4.43. The van der Waals surface area contributed by atoms with Crippen LogP contribution < -0.4 is 10.6 Å². The first-order chi connectivity index (χ1) is 9.95. The summed E-state index contributed by atoms with van der Waals surface area (Å²) in [7, 11) is 0. The summed E-state index contributed by atoms with van der Waals surface area (Å²) in [4.78, 5) is 12.2. The summed E-state index contributed by atoms with van der Waals surface area (Å²) < 4.78 is 19.2. The average Bonchev–Trinajstić information content (AvgIpc) is 2.37. The molecule has 1 aliphatic rings. The molecular formula is C14H14ClFN2O2S. The van der Waals surface area contributed by atoms with Crippen LogP contribution in [-0.4, -0.2) is 17.7 Å². The fraction of sp³-hybridized carbons (Fsp3) is 0.286. The Hall–Kier alpha value is -1.66. The zero-order chi connectivity index (χ0) is 15.6. The number of hydrogen-bond acceptors (Lipinski definition) is 3. The fourth-order valence-corrected chi connectivity index (χ4v) is 2.72. The summed E-state index contributed by atoms with van der Waals surface area (Å²) in [6, 6.07) is 3.56. The van der Waals surface area contributed by atoms with Crippen molar-refractivity contribution in [1.82, 2.24) is 10.6 Å². The van der Waals surface area contributed by atoms with Gasteiger partial charge in [-0.05, 0) is 38.2 Å². The topological polar surface area (TPSA) is 50.4 Å². The van der Waals surface area contributed by atoms with Crippen molar-refractivity contribution in [2.45, 2.75) is 19.9 Å². The molecule has 7 heteroatoms. The Bertz CT molecular complexity index is 613. The van der Waals surface area contributed by atoms with Gasteiger partial charge in [0.15, 0.2) is 5.11 Å². The third-order valence-corrected chi connectivity index (χ3v) is 3.60. The van der Waals surface area contributed by atoms with Gasteiger partial charge in [-0.25, -0.2) is 9.18 Å². The number of halogens is 2. The molecule has 0 unspecified atom stereocenters. The molecule has 0 saturated heterocycles. The molecule has 0 fully saturated rings. The maximum absolute atomic E-state index is 14.1. The van der Waals surface area contributed by atoms with Crippen LogP contribution in [0.15, 0.2) is 29.5 Å². The number of carbonyl (C=O) groups excluding carboxylic acids is 1. The van der Waals surface area contributed by atoms with Crippen LogP contribution in [0.3, 0.4) is 0 Å². The molecule has 1 heterocycles. The zero-order valence-electron chi connectivity index (χ0n) is 11.5. The molecule has 0 aromatic heterocycles. The maximum atomic E-state index is 14.1. The highest BCUT2D eigenvalue weighted by Gasteiger charge is 2.33. The molecule has 2 rings (SSSR count). The Morgan fingerprint density at radius 2 is 2.24 bits per heavy atom. The fourth-order valence-electron chi connectivity index (χ4n) is 2.18. The number of allylic oxidation sites excluding steroid dienone is 1. The Morgan fingerprint density at radius 3 is 2.86 bits per heavy atom. The highest BCUT2D eigenvalue weighted by Crippen LogP contribution is 2.33. The van der Waals surface area contributed by atoms with Crippen molar-refractivity contribution in [2.75, 3.05) is 6.61 Å². The molecular weight excluding hydrogens is 315 g/mol. The Balaban J connectivity index is 2.55. The molecule has 2 N–H and O–H groups in total. The normalized spacial score (nSPS) is 18.1. The van der Waals surface area contributed by atoms with E-state index in [1.807, 2.05) is 0 Å². The summed E-state index contributed by atoms with van der Waals surface area (Å²) in [5, 5.41) is 6.22. The van der Waals surface area contributed by atoms with Gasteiger partial charge in [-0.3, -0.25) is 0 Å². The van der Waals surface area contributed by atoms with Gasteiger partial charge < -0.3 is 15.4 Å². The molecule has 21 heavy (non-hydrogen) atoms. The molecule has 1 aliphatic heterocycles. The summed E-state index contributed by atoms with van der Waals surface area (Å²) in [6.45, 7) is 3.60. The van der Waals surface area contributed by atoms with E-state index >= 15 is 0 Å². The average molecular weight is 329 g/mol. The largest absolute Gasteiger partial charge is 0.463 e. The van der Waals surface area contributed by atoms with Crippen LogP contribution in [0, 0.1) is 5.82 Å². The van der Waals surface area contributed by atoms with E-state index in [1.54, 1.807) is 19.9 Å². The number of esters is 1. The van der Waals surface area contributed by atoms with Crippen LogP contribution in [-0.2, 0) is 9.53 Å². The number of hydrogen-bond donors (Lipinski definition) is 2. The lowest BCUT2D eigenvalue weighted by atomic mass is 9.95. The molecule has 112 valence electrons. The smallest absolute Gasteiger partial charge is 0.338 e. The van der Waals surface area contributed by atoms with E-state index in [0.29, 0.717) is 10.8 Å². The van der Waals surface area contributed by atoms with E-state index in [4.69, 9.17) is 28.6 Å². The number of thiocarbonyl (C=S) groups is 1. The number of carbonyl (C=O) groups is 1. The van der Waals surface area contributed by atoms with E-state index < -0.39 is 17.8 Å². The molecule has 0 saturated carbocycles. The predicted octanol–water partition coefficient (Wildman–Crippen LogP) is 2.84. The van der Waals surface area contributed by atoms with Crippen molar-refractivity contribution in [1.29, 1.82) is 0 Å². The molecule has 0 aliphatic carbocycles. The van der Waals surface area contributed by atoms with Crippen LogP contribution in [0.4, 0.5) is 4.39 Å². The molecule has 0 radical (unpaired) electrons. The van der Waals surface area contributed by atoms with E-state index in [9.17, 15) is 9.18 Å². The standard InChI is InChI=1S/C14H14ClFN2O2S/c1-3-20-13(19)10-7(2)17-14(21)18-12(10)11-8(15)5-4-6-9(11)16/h4-6,12H,3H2,1-2H3,(H2,17,18,21)/t12-/m0/s1. The van der Waals surface area contributed by atoms with Crippen LogP contribution >= 0.6 is 23.8 Å². The second-order valence-corrected chi connectivity index (χ2v) is 5.24. The minimum atomic E-state index is -0.786. The highest BCUT2D eigenvalue weighted by atomic mass is 35.5. The summed E-state index contributed by atoms with van der Waals surface area (Å²) >= 11 is 11.2.